The van der Waals surface area contributed by atoms with Gasteiger partial charge in [0.15, 0.2) is 0 Å². The lowest BCUT2D eigenvalue weighted by Gasteiger charge is -2.29. The zero-order valence-electron chi connectivity index (χ0n) is 23.6. The summed E-state index contributed by atoms with van der Waals surface area (Å²) in [6, 6.07) is 12.6. The van der Waals surface area contributed by atoms with E-state index in [0.717, 1.165) is 59.5 Å². The number of aryl methyl sites for hydroxylation is 1. The van der Waals surface area contributed by atoms with Gasteiger partial charge in [-0.2, -0.15) is 15.5 Å². The first-order valence-electron chi connectivity index (χ1n) is 14.1. The van der Waals surface area contributed by atoms with Gasteiger partial charge in [-0.3, -0.25) is 9.48 Å². The number of hydrogen-bond acceptors (Lipinski definition) is 6. The lowest BCUT2D eigenvalue weighted by molar-refractivity contribution is 0.0901. The summed E-state index contributed by atoms with van der Waals surface area (Å²) in [4.78, 5) is 20.0. The van der Waals surface area contributed by atoms with Gasteiger partial charge in [0, 0.05) is 66.5 Å². The van der Waals surface area contributed by atoms with E-state index in [0.29, 0.717) is 17.4 Å². The molecule has 5 heterocycles. The molecule has 216 valence electrons. The van der Waals surface area contributed by atoms with Crippen molar-refractivity contribution in [2.24, 2.45) is 18.9 Å². The summed E-state index contributed by atoms with van der Waals surface area (Å²) in [5.74, 6) is 0.552. The highest BCUT2D eigenvalue weighted by Gasteiger charge is 2.48. The van der Waals surface area contributed by atoms with Crippen LogP contribution in [0.25, 0.3) is 27.8 Å². The normalized spacial score (nSPS) is 21.2. The number of benzene rings is 1. The van der Waals surface area contributed by atoms with Gasteiger partial charge in [0.25, 0.3) is 5.91 Å². The number of pyridine rings is 2. The summed E-state index contributed by atoms with van der Waals surface area (Å²) in [6.07, 6.45) is 10.7. The Labute approximate surface area is 252 Å². The maximum Gasteiger partial charge on any atom is 0.256 e. The third-order valence-corrected chi connectivity index (χ3v) is 9.08. The van der Waals surface area contributed by atoms with Crippen molar-refractivity contribution in [3.8, 4) is 28.3 Å². The number of nitrogens with zero attached hydrogens (tertiary/aromatic N) is 7. The smallest absolute Gasteiger partial charge is 0.256 e. The van der Waals surface area contributed by atoms with Crippen molar-refractivity contribution in [1.29, 1.82) is 5.26 Å². The van der Waals surface area contributed by atoms with Crippen LogP contribution < -0.4 is 10.2 Å². The molecule has 4 aromatic heterocycles. The summed E-state index contributed by atoms with van der Waals surface area (Å²) in [5.41, 5.74) is 4.34. The maximum absolute atomic E-state index is 14.3. The summed E-state index contributed by atoms with van der Waals surface area (Å²) >= 11 is 6.13. The first-order chi connectivity index (χ1) is 20.7. The van der Waals surface area contributed by atoms with E-state index in [1.54, 1.807) is 21.6 Å². The fourth-order valence-electron chi connectivity index (χ4n) is 6.87. The van der Waals surface area contributed by atoms with Crippen molar-refractivity contribution in [3.63, 3.8) is 0 Å². The van der Waals surface area contributed by atoms with Crippen molar-refractivity contribution in [3.05, 3.63) is 89.3 Å². The van der Waals surface area contributed by atoms with Gasteiger partial charge in [-0.1, -0.05) is 17.7 Å². The lowest BCUT2D eigenvalue weighted by Crippen LogP contribution is -2.45. The predicted octanol–water partition coefficient (Wildman–Crippen LogP) is 5.50. The van der Waals surface area contributed by atoms with E-state index in [9.17, 15) is 14.4 Å². The maximum atomic E-state index is 14.3. The minimum Gasteiger partial charge on any atom is -0.356 e. The van der Waals surface area contributed by atoms with Gasteiger partial charge in [-0.05, 0) is 61.9 Å². The molecule has 0 spiro atoms. The summed E-state index contributed by atoms with van der Waals surface area (Å²) in [7, 11) is 1.87. The number of rotatable bonds is 5. The number of carbonyl (C=O) groups excluding carboxylic acids is 1. The van der Waals surface area contributed by atoms with Crippen LogP contribution in [0.3, 0.4) is 0 Å². The Balaban J connectivity index is 1.09. The number of aromatic nitrogens is 5. The molecule has 1 aliphatic heterocycles. The van der Waals surface area contributed by atoms with E-state index < -0.39 is 17.3 Å². The number of anilines is 1. The Morgan fingerprint density at radius 1 is 1.07 bits per heavy atom. The summed E-state index contributed by atoms with van der Waals surface area (Å²) in [5, 5.41) is 21.6. The van der Waals surface area contributed by atoms with Crippen LogP contribution in [-0.2, 0) is 7.05 Å². The molecular formula is C32H28ClFN8O. The topological polar surface area (TPSA) is 104 Å². The quantitative estimate of drug-likeness (QED) is 0.288. The van der Waals surface area contributed by atoms with E-state index in [-0.39, 0.29) is 10.6 Å². The fourth-order valence-corrected chi connectivity index (χ4v) is 7.12. The molecule has 11 heteroatoms. The standard InChI is InChI=1S/C32H28ClFN8O/c1-32(39-31(43)29-26(33)4-3-5-27(29)34)9-21-16-41(17-22(21)10-32)28-7-6-19(12-36-28)25-8-20(24-14-37-40(2)15-24)18-42-30(25)23(11-35)13-38-42/h3-8,12-15,18,21-22H,9-10,16-17H2,1-2H3,(H,39,43)/t21-,22+,32?. The number of nitrogens with one attached hydrogen (secondary N) is 1. The fraction of sp³-hybridized carbons (Fsp3) is 0.281. The number of nitriles is 1. The van der Waals surface area contributed by atoms with E-state index in [2.05, 4.69) is 32.5 Å². The molecule has 1 unspecified atom stereocenters. The number of carbonyl (C=O) groups is 1. The second-order valence-electron chi connectivity index (χ2n) is 11.9. The minimum absolute atomic E-state index is 0.102. The van der Waals surface area contributed by atoms with Crippen LogP contribution in [0.2, 0.25) is 5.02 Å². The van der Waals surface area contributed by atoms with Crippen molar-refractivity contribution in [1.82, 2.24) is 29.7 Å². The Hall–Kier alpha value is -4.75. The van der Waals surface area contributed by atoms with Crippen molar-refractivity contribution in [2.75, 3.05) is 18.0 Å². The molecule has 0 bridgehead atoms. The molecule has 1 saturated carbocycles. The molecule has 1 aliphatic carbocycles. The van der Waals surface area contributed by atoms with Gasteiger partial charge < -0.3 is 10.2 Å². The number of fused-ring (bicyclic) bond motifs is 2. The van der Waals surface area contributed by atoms with Crippen LogP contribution in [0.1, 0.15) is 35.7 Å². The molecule has 2 fully saturated rings. The van der Waals surface area contributed by atoms with Crippen LogP contribution in [0.15, 0.2) is 67.4 Å². The molecule has 1 aromatic carbocycles. The summed E-state index contributed by atoms with van der Waals surface area (Å²) in [6.45, 7) is 3.68. The molecule has 1 amide bonds. The lowest BCUT2D eigenvalue weighted by atomic mass is 9.97. The van der Waals surface area contributed by atoms with Gasteiger partial charge in [0.1, 0.15) is 17.7 Å². The second-order valence-corrected chi connectivity index (χ2v) is 12.3. The molecule has 1 N–H and O–H groups in total. The SMILES string of the molecule is Cn1cc(-c2cc(-c3ccc(N4C[C@@H]5CC(C)(NC(=O)c6c(F)cccc6Cl)C[C@@H]5C4)nc3)c3c(C#N)cnn3c2)cn1. The predicted molar refractivity (Wildman–Crippen MR) is 161 cm³/mol. The average Bonchev–Trinajstić information content (AvgIpc) is 3.75. The molecule has 3 atom stereocenters. The molecule has 2 aliphatic rings. The van der Waals surface area contributed by atoms with E-state index in [1.165, 1.54) is 18.2 Å². The van der Waals surface area contributed by atoms with Crippen molar-refractivity contribution >= 4 is 28.8 Å². The van der Waals surface area contributed by atoms with Crippen LogP contribution in [-0.4, -0.2) is 48.9 Å². The van der Waals surface area contributed by atoms with E-state index >= 15 is 0 Å². The number of halogens is 2. The molecule has 0 radical (unpaired) electrons. The zero-order valence-corrected chi connectivity index (χ0v) is 24.4. The van der Waals surface area contributed by atoms with Crippen LogP contribution in [0.4, 0.5) is 10.2 Å². The summed E-state index contributed by atoms with van der Waals surface area (Å²) < 4.78 is 17.8. The minimum atomic E-state index is -0.617. The van der Waals surface area contributed by atoms with Crippen molar-refractivity contribution < 1.29 is 9.18 Å². The average molecular weight is 595 g/mol. The molecule has 9 nitrogen and oxygen atoms in total. The molecule has 1 saturated heterocycles. The number of hydrogen-bond donors (Lipinski definition) is 1. The highest BCUT2D eigenvalue weighted by molar-refractivity contribution is 6.33. The van der Waals surface area contributed by atoms with Crippen LogP contribution in [0, 0.1) is 29.0 Å². The Kier molecular flexibility index (Phi) is 6.43. The van der Waals surface area contributed by atoms with Gasteiger partial charge in [0.2, 0.25) is 0 Å². The highest BCUT2D eigenvalue weighted by atomic mass is 35.5. The molecule has 7 rings (SSSR count). The third-order valence-electron chi connectivity index (χ3n) is 8.76. The monoisotopic (exact) mass is 594 g/mol. The van der Waals surface area contributed by atoms with E-state index in [4.69, 9.17) is 16.6 Å². The number of amides is 1. The van der Waals surface area contributed by atoms with Crippen LogP contribution in [0.5, 0.6) is 0 Å². The zero-order chi connectivity index (χ0) is 29.9. The second kappa shape index (κ2) is 10.2. The third kappa shape index (κ3) is 4.79. The molecular weight excluding hydrogens is 567 g/mol. The first kappa shape index (κ1) is 27.1. The Morgan fingerprint density at radius 3 is 2.51 bits per heavy atom. The first-order valence-corrected chi connectivity index (χ1v) is 14.5. The van der Waals surface area contributed by atoms with Gasteiger partial charge >= 0.3 is 0 Å². The largest absolute Gasteiger partial charge is 0.356 e. The van der Waals surface area contributed by atoms with Gasteiger partial charge in [0.05, 0.1) is 34.1 Å². The molecule has 43 heavy (non-hydrogen) atoms. The van der Waals surface area contributed by atoms with Crippen molar-refractivity contribution in [2.45, 2.75) is 25.3 Å². The van der Waals surface area contributed by atoms with E-state index in [1.807, 2.05) is 44.7 Å². The Bertz CT molecular complexity index is 1890. The van der Waals surface area contributed by atoms with Crippen LogP contribution >= 0.6 is 11.6 Å². The van der Waals surface area contributed by atoms with Gasteiger partial charge in [-0.15, -0.1) is 0 Å². The highest BCUT2D eigenvalue weighted by Crippen LogP contribution is 2.45. The molecule has 5 aromatic rings. The van der Waals surface area contributed by atoms with Gasteiger partial charge in [-0.25, -0.2) is 13.9 Å². The Morgan fingerprint density at radius 2 is 1.86 bits per heavy atom.